The smallest absolute Gasteiger partial charge is 0.291 e. The van der Waals surface area contributed by atoms with E-state index in [1.165, 1.54) is 11.3 Å². The number of anilines is 1. The fraction of sp³-hybridized carbons (Fsp3) is 0.0588. The highest BCUT2D eigenvalue weighted by atomic mass is 79.9. The summed E-state index contributed by atoms with van der Waals surface area (Å²) in [7, 11) is 0. The molecule has 0 aliphatic heterocycles. The molecule has 0 radical (unpaired) electrons. The highest BCUT2D eigenvalue weighted by Gasteiger charge is 2.12. The highest BCUT2D eigenvalue weighted by molar-refractivity contribution is 9.10. The number of hydrogen-bond acceptors (Lipinski definition) is 4. The first-order chi connectivity index (χ1) is 12.0. The van der Waals surface area contributed by atoms with Crippen molar-refractivity contribution in [2.75, 3.05) is 5.32 Å². The number of carbonyl (C=O) groups excluding carboxylic acids is 2. The van der Waals surface area contributed by atoms with Crippen LogP contribution in [0.5, 0.6) is 0 Å². The van der Waals surface area contributed by atoms with Crippen molar-refractivity contribution in [2.24, 2.45) is 0 Å². The van der Waals surface area contributed by atoms with Crippen molar-refractivity contribution in [1.29, 1.82) is 0 Å². The Hall–Kier alpha value is -2.09. The van der Waals surface area contributed by atoms with Crippen molar-refractivity contribution >= 4 is 56.4 Å². The maximum atomic E-state index is 12.3. The van der Waals surface area contributed by atoms with Crippen LogP contribution < -0.4 is 10.6 Å². The van der Waals surface area contributed by atoms with Crippen LogP contribution in [-0.4, -0.2) is 11.8 Å². The van der Waals surface area contributed by atoms with Gasteiger partial charge in [0, 0.05) is 16.1 Å². The quantitative estimate of drug-likeness (QED) is 0.591. The van der Waals surface area contributed by atoms with Gasteiger partial charge in [-0.25, -0.2) is 0 Å². The van der Waals surface area contributed by atoms with Gasteiger partial charge in [0.25, 0.3) is 11.8 Å². The van der Waals surface area contributed by atoms with E-state index in [-0.39, 0.29) is 11.7 Å². The van der Waals surface area contributed by atoms with E-state index in [0.29, 0.717) is 26.8 Å². The molecule has 5 nitrogen and oxygen atoms in total. The maximum absolute atomic E-state index is 12.3. The summed E-state index contributed by atoms with van der Waals surface area (Å²) >= 11 is 10.4. The van der Waals surface area contributed by atoms with Gasteiger partial charge in [-0.2, -0.15) is 0 Å². The molecule has 0 aliphatic carbocycles. The van der Waals surface area contributed by atoms with Gasteiger partial charge in [-0.05, 0) is 58.4 Å². The van der Waals surface area contributed by atoms with Gasteiger partial charge >= 0.3 is 0 Å². The highest BCUT2D eigenvalue weighted by Crippen LogP contribution is 2.21. The first kappa shape index (κ1) is 17.7. The molecular formula is C17H12BrClN2O3S. The average molecular weight is 440 g/mol. The number of amides is 2. The van der Waals surface area contributed by atoms with E-state index < -0.39 is 5.91 Å². The van der Waals surface area contributed by atoms with Crippen LogP contribution in [-0.2, 0) is 6.54 Å². The minimum atomic E-state index is -0.392. The molecule has 2 heterocycles. The van der Waals surface area contributed by atoms with E-state index in [9.17, 15) is 9.59 Å². The predicted octanol–water partition coefficient (Wildman–Crippen LogP) is 4.94. The average Bonchev–Trinajstić information content (AvgIpc) is 3.21. The van der Waals surface area contributed by atoms with Gasteiger partial charge in [-0.1, -0.05) is 17.7 Å². The molecule has 3 aromatic rings. The number of furan rings is 1. The van der Waals surface area contributed by atoms with Crippen LogP contribution in [0.15, 0.2) is 57.6 Å². The molecule has 0 atom stereocenters. The Balaban J connectivity index is 1.64. The minimum absolute atomic E-state index is 0.177. The second-order valence-electron chi connectivity index (χ2n) is 5.03. The lowest BCUT2D eigenvalue weighted by atomic mass is 10.2. The van der Waals surface area contributed by atoms with Crippen LogP contribution in [0, 0.1) is 0 Å². The zero-order chi connectivity index (χ0) is 17.8. The van der Waals surface area contributed by atoms with Crippen molar-refractivity contribution in [3.63, 3.8) is 0 Å². The molecule has 0 saturated carbocycles. The second-order valence-corrected chi connectivity index (χ2v) is 7.61. The third-order valence-corrected chi connectivity index (χ3v) is 4.89. The Morgan fingerprint density at radius 1 is 1.12 bits per heavy atom. The number of nitrogens with one attached hydrogen (secondary N) is 2. The monoisotopic (exact) mass is 438 g/mol. The van der Waals surface area contributed by atoms with Crippen molar-refractivity contribution in [1.82, 2.24) is 5.32 Å². The number of rotatable bonds is 5. The number of thiophene rings is 1. The molecule has 0 aliphatic rings. The Bertz CT molecular complexity index is 922. The van der Waals surface area contributed by atoms with E-state index in [4.69, 9.17) is 16.0 Å². The number of hydrogen-bond donors (Lipinski definition) is 2. The van der Waals surface area contributed by atoms with Crippen molar-refractivity contribution in [3.8, 4) is 0 Å². The van der Waals surface area contributed by atoms with E-state index in [0.717, 1.165) is 4.88 Å². The van der Waals surface area contributed by atoms with Crippen LogP contribution in [0.1, 0.15) is 25.8 Å². The van der Waals surface area contributed by atoms with Gasteiger partial charge in [0.15, 0.2) is 10.4 Å². The molecule has 1 aromatic carbocycles. The predicted molar refractivity (Wildman–Crippen MR) is 101 cm³/mol. The van der Waals surface area contributed by atoms with E-state index in [2.05, 4.69) is 26.6 Å². The fourth-order valence-corrected chi connectivity index (χ4v) is 3.42. The largest absolute Gasteiger partial charge is 0.444 e. The SMILES string of the molecule is O=C(NCc1ccc(Cl)s1)c1cccc(NC(=O)c2ccc(Br)o2)c1. The topological polar surface area (TPSA) is 71.3 Å². The Morgan fingerprint density at radius 3 is 2.64 bits per heavy atom. The minimum Gasteiger partial charge on any atom is -0.444 e. The molecule has 2 N–H and O–H groups in total. The molecular weight excluding hydrogens is 428 g/mol. The van der Waals surface area contributed by atoms with E-state index in [1.54, 1.807) is 42.5 Å². The molecule has 8 heteroatoms. The van der Waals surface area contributed by atoms with Crippen LogP contribution in [0.4, 0.5) is 5.69 Å². The molecule has 0 fully saturated rings. The van der Waals surface area contributed by atoms with Crippen LogP contribution >= 0.6 is 38.9 Å². The molecule has 0 bridgehead atoms. The van der Waals surface area contributed by atoms with Gasteiger partial charge in [0.2, 0.25) is 0 Å². The standard InChI is InChI=1S/C17H12BrClN2O3S/c18-14-6-5-13(24-14)17(23)21-11-3-1-2-10(8-11)16(22)20-9-12-4-7-15(19)25-12/h1-8H,9H2,(H,20,22)(H,21,23). The lowest BCUT2D eigenvalue weighted by molar-refractivity contribution is 0.0949. The summed E-state index contributed by atoms with van der Waals surface area (Å²) in [6.45, 7) is 0.396. The number of halogens is 2. The van der Waals surface area contributed by atoms with Crippen molar-refractivity contribution < 1.29 is 14.0 Å². The summed E-state index contributed by atoms with van der Waals surface area (Å²) in [6.07, 6.45) is 0. The van der Waals surface area contributed by atoms with Crippen LogP contribution in [0.25, 0.3) is 0 Å². The summed E-state index contributed by atoms with van der Waals surface area (Å²) < 4.78 is 6.35. The van der Waals surface area contributed by atoms with Crippen molar-refractivity contribution in [2.45, 2.75) is 6.54 Å². The zero-order valence-electron chi connectivity index (χ0n) is 12.7. The third-order valence-electron chi connectivity index (χ3n) is 3.23. The van der Waals surface area contributed by atoms with Gasteiger partial charge in [0.05, 0.1) is 10.9 Å². The second kappa shape index (κ2) is 7.86. The molecule has 2 amide bonds. The molecule has 25 heavy (non-hydrogen) atoms. The normalized spacial score (nSPS) is 10.5. The number of carbonyl (C=O) groups is 2. The van der Waals surface area contributed by atoms with Crippen LogP contribution in [0.2, 0.25) is 4.34 Å². The zero-order valence-corrected chi connectivity index (χ0v) is 15.9. The summed E-state index contributed by atoms with van der Waals surface area (Å²) in [4.78, 5) is 25.3. The molecule has 2 aromatic heterocycles. The van der Waals surface area contributed by atoms with Gasteiger partial charge in [0.1, 0.15) is 0 Å². The number of benzene rings is 1. The summed E-state index contributed by atoms with van der Waals surface area (Å²) in [5, 5.41) is 5.51. The first-order valence-electron chi connectivity index (χ1n) is 7.20. The lowest BCUT2D eigenvalue weighted by Gasteiger charge is -2.07. The van der Waals surface area contributed by atoms with Crippen molar-refractivity contribution in [3.05, 3.63) is 73.7 Å². The Morgan fingerprint density at radius 2 is 1.96 bits per heavy atom. The Kier molecular flexibility index (Phi) is 5.57. The molecule has 128 valence electrons. The third kappa shape index (κ3) is 4.72. The lowest BCUT2D eigenvalue weighted by Crippen LogP contribution is -2.22. The molecule has 0 unspecified atom stereocenters. The van der Waals surface area contributed by atoms with Gasteiger partial charge < -0.3 is 15.1 Å². The van der Waals surface area contributed by atoms with Gasteiger partial charge in [-0.15, -0.1) is 11.3 Å². The van der Waals surface area contributed by atoms with E-state index in [1.807, 2.05) is 6.07 Å². The van der Waals surface area contributed by atoms with Crippen LogP contribution in [0.3, 0.4) is 0 Å². The Labute approximate surface area is 161 Å². The molecule has 3 rings (SSSR count). The van der Waals surface area contributed by atoms with E-state index >= 15 is 0 Å². The first-order valence-corrected chi connectivity index (χ1v) is 9.19. The maximum Gasteiger partial charge on any atom is 0.291 e. The summed E-state index contributed by atoms with van der Waals surface area (Å²) in [5.41, 5.74) is 0.949. The summed E-state index contributed by atoms with van der Waals surface area (Å²) in [6, 6.07) is 13.5. The molecule has 0 saturated heterocycles. The van der Waals surface area contributed by atoms with Gasteiger partial charge in [-0.3, -0.25) is 9.59 Å². The summed E-state index contributed by atoms with van der Waals surface area (Å²) in [5.74, 6) is -0.450. The molecule has 0 spiro atoms. The fourth-order valence-electron chi connectivity index (χ4n) is 2.08.